The molecule has 4 unspecified atom stereocenters. The van der Waals surface area contributed by atoms with Gasteiger partial charge in [-0.15, -0.1) is 23.2 Å². The van der Waals surface area contributed by atoms with Crippen LogP contribution in [0, 0.1) is 23.5 Å². The molecule has 2 aliphatic rings. The third-order valence-corrected chi connectivity index (χ3v) is 12.8. The summed E-state index contributed by atoms with van der Waals surface area (Å²) in [4.78, 5) is 34.6. The zero-order valence-electron chi connectivity index (χ0n) is 35.4. The summed E-state index contributed by atoms with van der Waals surface area (Å²) in [5.41, 5.74) is 3.63. The lowest BCUT2D eigenvalue weighted by Gasteiger charge is -2.35. The minimum Gasteiger partial charge on any atom is -0.349 e. The highest BCUT2D eigenvalue weighted by Gasteiger charge is 2.32. The van der Waals surface area contributed by atoms with Crippen molar-refractivity contribution in [1.82, 2.24) is 49.8 Å². The number of aromatic nitrogens is 6. The van der Waals surface area contributed by atoms with Crippen molar-refractivity contribution in [3.8, 4) is 11.4 Å². The number of carbonyl (C=O) groups is 2. The maximum Gasteiger partial charge on any atom is 0.253 e. The molecule has 8 rings (SSSR count). The molecule has 6 aromatic rings. The van der Waals surface area contributed by atoms with Crippen molar-refractivity contribution in [3.05, 3.63) is 108 Å². The summed E-state index contributed by atoms with van der Waals surface area (Å²) in [5.74, 6) is -0.565. The van der Waals surface area contributed by atoms with Gasteiger partial charge in [0, 0.05) is 48.3 Å². The average molecular weight is 926 g/mol. The van der Waals surface area contributed by atoms with Gasteiger partial charge in [0.05, 0.1) is 69.9 Å². The number of rotatable bonds is 11. The first kappa shape index (κ1) is 47.4. The van der Waals surface area contributed by atoms with Crippen LogP contribution in [0.2, 0.25) is 0 Å². The number of carbonyl (C=O) groups excluding carboxylic acids is 2. The summed E-state index contributed by atoms with van der Waals surface area (Å²) in [5, 5.41) is 20.0. The van der Waals surface area contributed by atoms with E-state index in [9.17, 15) is 26.8 Å². The summed E-state index contributed by atoms with van der Waals surface area (Å²) >= 11 is 9.53. The highest BCUT2D eigenvalue weighted by Crippen LogP contribution is 2.26. The average Bonchev–Trinajstić information content (AvgIpc) is 3.94. The van der Waals surface area contributed by atoms with Gasteiger partial charge in [0.1, 0.15) is 11.6 Å². The lowest BCUT2D eigenvalue weighted by molar-refractivity contribution is 0.0902. The van der Waals surface area contributed by atoms with Crippen LogP contribution in [-0.2, 0) is 10.0 Å². The number of nitrogens with one attached hydrogen (secondary N) is 3. The molecule has 0 spiro atoms. The summed E-state index contributed by atoms with van der Waals surface area (Å²) < 4.78 is 55.2. The Balaban J connectivity index is 0.000000199. The third kappa shape index (κ3) is 11.7. The Labute approximate surface area is 375 Å². The molecule has 0 radical (unpaired) electrons. The van der Waals surface area contributed by atoms with Gasteiger partial charge >= 0.3 is 0 Å². The molecule has 14 nitrogen and oxygen atoms in total. The highest BCUT2D eigenvalue weighted by atomic mass is 35.5. The van der Waals surface area contributed by atoms with Gasteiger partial charge in [0.15, 0.2) is 0 Å². The van der Waals surface area contributed by atoms with E-state index < -0.39 is 10.0 Å². The van der Waals surface area contributed by atoms with Crippen molar-refractivity contribution in [2.75, 3.05) is 37.8 Å². The Kier molecular flexibility index (Phi) is 16.6. The molecule has 63 heavy (non-hydrogen) atoms. The smallest absolute Gasteiger partial charge is 0.253 e. The number of sulfonamides is 1. The quantitative estimate of drug-likeness (QED) is 0.114. The van der Waals surface area contributed by atoms with E-state index in [1.807, 2.05) is 6.92 Å². The molecule has 19 heteroatoms. The number of benzene rings is 2. The molecule has 4 atom stereocenters. The maximum atomic E-state index is 13.3. The van der Waals surface area contributed by atoms with Crippen LogP contribution in [0.15, 0.2) is 85.7 Å². The van der Waals surface area contributed by atoms with Gasteiger partial charge in [-0.25, -0.2) is 30.9 Å². The summed E-state index contributed by atoms with van der Waals surface area (Å²) in [6, 6.07) is 12.0. The van der Waals surface area contributed by atoms with E-state index in [-0.39, 0.29) is 46.8 Å². The van der Waals surface area contributed by atoms with E-state index in [1.54, 1.807) is 64.6 Å². The number of alkyl halides is 2. The van der Waals surface area contributed by atoms with Crippen LogP contribution in [0.25, 0.3) is 33.2 Å². The van der Waals surface area contributed by atoms with E-state index in [0.717, 1.165) is 56.3 Å². The first-order chi connectivity index (χ1) is 30.4. The van der Waals surface area contributed by atoms with Crippen LogP contribution < -0.4 is 16.0 Å². The van der Waals surface area contributed by atoms with E-state index in [0.29, 0.717) is 58.7 Å². The van der Waals surface area contributed by atoms with Gasteiger partial charge in [0.2, 0.25) is 10.0 Å². The molecule has 2 aromatic carbocycles. The number of amides is 2. The Morgan fingerprint density at radius 2 is 1.21 bits per heavy atom. The monoisotopic (exact) mass is 924 g/mol. The number of fused-ring (bicyclic) bond motifs is 2. The van der Waals surface area contributed by atoms with Gasteiger partial charge in [-0.05, 0) is 112 Å². The zero-order chi connectivity index (χ0) is 45.1. The summed E-state index contributed by atoms with van der Waals surface area (Å²) in [6.45, 7) is 6.99. The second kappa shape index (κ2) is 22.0. The highest BCUT2D eigenvalue weighted by molar-refractivity contribution is 7.88. The Morgan fingerprint density at radius 3 is 1.63 bits per heavy atom. The number of hydrogen-bond acceptors (Lipinski definition) is 9. The summed E-state index contributed by atoms with van der Waals surface area (Å²) in [6.07, 6.45) is 16.3. The summed E-state index contributed by atoms with van der Waals surface area (Å²) in [7, 11) is -3.26. The predicted molar refractivity (Wildman–Crippen MR) is 242 cm³/mol. The number of nitrogens with zero attached hydrogens (tertiary/aromatic N) is 7. The topological polar surface area (TPSA) is 169 Å². The first-order valence-corrected chi connectivity index (χ1v) is 23.8. The largest absolute Gasteiger partial charge is 0.349 e. The van der Waals surface area contributed by atoms with Crippen LogP contribution in [0.5, 0.6) is 0 Å². The van der Waals surface area contributed by atoms with Crippen molar-refractivity contribution >= 4 is 66.8 Å². The molecule has 0 aliphatic carbocycles. The Hall–Kier alpha value is -5.07. The molecule has 2 saturated heterocycles. The molecule has 336 valence electrons. The molecule has 0 saturated carbocycles. The van der Waals surface area contributed by atoms with Gasteiger partial charge in [-0.1, -0.05) is 13.8 Å². The molecular weight excluding hydrogens is 874 g/mol. The molecule has 0 bridgehead atoms. The molecule has 2 amide bonds. The molecule has 2 fully saturated rings. The molecule has 6 heterocycles. The van der Waals surface area contributed by atoms with Gasteiger partial charge < -0.3 is 16.0 Å². The third-order valence-electron chi connectivity index (χ3n) is 11.5. The van der Waals surface area contributed by atoms with E-state index in [4.69, 9.17) is 23.2 Å². The van der Waals surface area contributed by atoms with Crippen molar-refractivity contribution in [3.63, 3.8) is 0 Å². The normalized spacial score (nSPS) is 17.8. The van der Waals surface area contributed by atoms with Crippen molar-refractivity contribution < 1.29 is 26.8 Å². The number of hydrogen-bond donors (Lipinski definition) is 3. The zero-order valence-corrected chi connectivity index (χ0v) is 37.7. The van der Waals surface area contributed by atoms with Crippen LogP contribution in [0.4, 0.5) is 8.78 Å². The van der Waals surface area contributed by atoms with E-state index in [2.05, 4.69) is 43.0 Å². The van der Waals surface area contributed by atoms with E-state index in [1.165, 1.54) is 41.0 Å². The first-order valence-electron chi connectivity index (χ1n) is 20.9. The fourth-order valence-corrected chi connectivity index (χ4v) is 9.17. The van der Waals surface area contributed by atoms with Gasteiger partial charge in [-0.2, -0.15) is 10.2 Å². The molecular formula is C44H52Cl2F2N10O4S. The number of halogens is 4. The van der Waals surface area contributed by atoms with Crippen LogP contribution >= 0.6 is 23.2 Å². The Bertz CT molecular complexity index is 2570. The van der Waals surface area contributed by atoms with Crippen molar-refractivity contribution in [1.29, 1.82) is 0 Å². The second-order valence-electron chi connectivity index (χ2n) is 15.5. The number of piperidine rings is 2. The fraction of sp³-hybridized carbons (Fsp3) is 0.409. The van der Waals surface area contributed by atoms with Crippen LogP contribution in [-0.4, -0.2) is 104 Å². The lowest BCUT2D eigenvalue weighted by Crippen LogP contribution is -2.48. The van der Waals surface area contributed by atoms with E-state index >= 15 is 0 Å². The molecule has 3 N–H and O–H groups in total. The second-order valence-corrected chi connectivity index (χ2v) is 18.3. The standard InChI is InChI=1S/C22H26FN5O3S.C21H24FN5O.CH2Cl2/c1-3-20(15-5-4-10-27(14-15)32(2,30)31)26-22(29)19-11-24-13-21-18(19)12-25-28(21)17-8-6-16(23)7-9-17;1-2-19(14-4-3-9-23-10-14)26-21(28)18-11-24-13-20-17(18)12-25-27(20)16-7-5-15(22)6-8-16;2-1-3/h6-9,11-13,15,20H,3-5,10,14H2,1-2H3,(H,26,29);5-8,11-14,19,23H,2-4,9-10H2,1H3,(H,26,28);1H2. The SMILES string of the molecule is CCC(NC(=O)c1cncc2c1cnn2-c1ccc(F)cc1)C1CCCN(S(C)(=O)=O)C1.CCC(NC(=O)c1cncc2c1cnn2-c1ccc(F)cc1)C1CCCNC1.ClCCl. The lowest BCUT2D eigenvalue weighted by atomic mass is 9.90. The minimum atomic E-state index is -3.26. The van der Waals surface area contributed by atoms with Crippen LogP contribution in [0.3, 0.4) is 0 Å². The van der Waals surface area contributed by atoms with Gasteiger partial charge in [0.25, 0.3) is 11.8 Å². The fourth-order valence-electron chi connectivity index (χ4n) is 8.25. The molecule has 4 aromatic heterocycles. The number of pyridine rings is 2. The molecule has 2 aliphatic heterocycles. The van der Waals surface area contributed by atoms with Crippen molar-refractivity contribution in [2.45, 2.75) is 64.5 Å². The minimum absolute atomic E-state index is 0.0431. The van der Waals surface area contributed by atoms with Crippen molar-refractivity contribution in [2.24, 2.45) is 11.8 Å². The van der Waals surface area contributed by atoms with Crippen LogP contribution in [0.1, 0.15) is 73.1 Å². The maximum absolute atomic E-state index is 13.3. The predicted octanol–water partition coefficient (Wildman–Crippen LogP) is 7.23. The van der Waals surface area contributed by atoms with Gasteiger partial charge in [-0.3, -0.25) is 19.6 Å². The Morgan fingerprint density at radius 1 is 0.746 bits per heavy atom.